The van der Waals surface area contributed by atoms with E-state index in [0.717, 1.165) is 16.9 Å². The second kappa shape index (κ2) is 9.18. The Balaban J connectivity index is 1.45. The zero-order valence-electron chi connectivity index (χ0n) is 17.9. The van der Waals surface area contributed by atoms with Crippen molar-refractivity contribution in [2.24, 2.45) is 0 Å². The van der Waals surface area contributed by atoms with Crippen molar-refractivity contribution in [3.05, 3.63) is 71.4 Å². The van der Waals surface area contributed by atoms with Crippen molar-refractivity contribution in [2.75, 3.05) is 11.1 Å². The van der Waals surface area contributed by atoms with Gasteiger partial charge in [0.25, 0.3) is 5.22 Å². The quantitative estimate of drug-likeness (QED) is 0.371. The van der Waals surface area contributed by atoms with Gasteiger partial charge in [-0.25, -0.2) is 4.68 Å². The number of rotatable bonds is 6. The van der Waals surface area contributed by atoms with Crippen molar-refractivity contribution in [3.63, 3.8) is 0 Å². The summed E-state index contributed by atoms with van der Waals surface area (Å²) >= 11 is 7.08. The van der Waals surface area contributed by atoms with Crippen LogP contribution in [0.25, 0.3) is 17.1 Å². The summed E-state index contributed by atoms with van der Waals surface area (Å²) < 4.78 is 7.40. The number of carbonyl (C=O) groups excluding carboxylic acids is 1. The van der Waals surface area contributed by atoms with Crippen LogP contribution >= 0.6 is 23.4 Å². The van der Waals surface area contributed by atoms with Crippen molar-refractivity contribution in [1.29, 1.82) is 0 Å². The lowest BCUT2D eigenvalue weighted by Crippen LogP contribution is -2.17. The number of anilines is 1. The Morgan fingerprint density at radius 3 is 2.50 bits per heavy atom. The molecule has 0 radical (unpaired) electrons. The molecule has 7 nitrogen and oxygen atoms in total. The van der Waals surface area contributed by atoms with Crippen LogP contribution in [0.2, 0.25) is 5.02 Å². The van der Waals surface area contributed by atoms with Gasteiger partial charge in [-0.05, 0) is 36.4 Å². The molecular weight excluding hydrogens is 446 g/mol. The van der Waals surface area contributed by atoms with Crippen molar-refractivity contribution in [2.45, 2.75) is 31.4 Å². The van der Waals surface area contributed by atoms with Gasteiger partial charge in [0.1, 0.15) is 5.82 Å². The second-order valence-corrected chi connectivity index (χ2v) is 9.49. The van der Waals surface area contributed by atoms with Gasteiger partial charge in [-0.3, -0.25) is 4.79 Å². The molecule has 0 fully saturated rings. The fraction of sp³-hybridized carbons (Fsp3) is 0.217. The van der Waals surface area contributed by atoms with E-state index in [1.165, 1.54) is 11.8 Å². The molecule has 2 heterocycles. The highest BCUT2D eigenvalue weighted by Gasteiger charge is 2.21. The SMILES string of the molecule is CC(C)(C)c1cc(NC(=O)CSc2nnc(-c3ccc(Cl)cc3)o2)n(-c2ccccc2)n1. The molecule has 0 aliphatic carbocycles. The van der Waals surface area contributed by atoms with E-state index >= 15 is 0 Å². The summed E-state index contributed by atoms with van der Waals surface area (Å²) in [6, 6.07) is 18.7. The molecule has 0 saturated heterocycles. The van der Waals surface area contributed by atoms with Gasteiger partial charge in [-0.1, -0.05) is 62.3 Å². The third-order valence-corrected chi connectivity index (χ3v) is 5.64. The lowest BCUT2D eigenvalue weighted by atomic mass is 9.92. The smallest absolute Gasteiger partial charge is 0.277 e. The minimum absolute atomic E-state index is 0.118. The van der Waals surface area contributed by atoms with E-state index in [1.807, 2.05) is 36.4 Å². The van der Waals surface area contributed by atoms with Crippen LogP contribution in [-0.4, -0.2) is 31.6 Å². The van der Waals surface area contributed by atoms with E-state index in [0.29, 0.717) is 22.0 Å². The largest absolute Gasteiger partial charge is 0.411 e. The fourth-order valence-electron chi connectivity index (χ4n) is 2.89. The molecule has 0 aliphatic rings. The molecule has 4 aromatic rings. The Labute approximate surface area is 195 Å². The molecule has 2 aromatic carbocycles. The highest BCUT2D eigenvalue weighted by Crippen LogP contribution is 2.27. The number of thioether (sulfide) groups is 1. The molecule has 2 aromatic heterocycles. The zero-order valence-corrected chi connectivity index (χ0v) is 19.4. The zero-order chi connectivity index (χ0) is 22.7. The monoisotopic (exact) mass is 467 g/mol. The summed E-state index contributed by atoms with van der Waals surface area (Å²) in [5.41, 5.74) is 2.36. The van der Waals surface area contributed by atoms with Gasteiger partial charge in [0.05, 0.1) is 17.1 Å². The first kappa shape index (κ1) is 22.1. The first-order valence-corrected chi connectivity index (χ1v) is 11.3. The summed E-state index contributed by atoms with van der Waals surface area (Å²) in [4.78, 5) is 12.7. The van der Waals surface area contributed by atoms with E-state index in [4.69, 9.17) is 21.1 Å². The third kappa shape index (κ3) is 5.20. The molecule has 0 saturated carbocycles. The average molecular weight is 468 g/mol. The van der Waals surface area contributed by atoms with Gasteiger partial charge in [-0.2, -0.15) is 5.10 Å². The van der Waals surface area contributed by atoms with Gasteiger partial charge in [0.2, 0.25) is 11.8 Å². The highest BCUT2D eigenvalue weighted by atomic mass is 35.5. The van der Waals surface area contributed by atoms with Crippen LogP contribution in [0.4, 0.5) is 5.82 Å². The summed E-state index contributed by atoms with van der Waals surface area (Å²) in [6.07, 6.45) is 0. The van der Waals surface area contributed by atoms with Gasteiger partial charge in [-0.15, -0.1) is 10.2 Å². The molecule has 1 amide bonds. The summed E-state index contributed by atoms with van der Waals surface area (Å²) in [5.74, 6) is 0.909. The second-order valence-electron chi connectivity index (χ2n) is 8.13. The molecule has 0 bridgehead atoms. The van der Waals surface area contributed by atoms with Crippen LogP contribution in [0.15, 0.2) is 70.3 Å². The van der Waals surface area contributed by atoms with Crippen LogP contribution in [0.3, 0.4) is 0 Å². The normalized spacial score (nSPS) is 11.5. The molecule has 164 valence electrons. The number of hydrogen-bond acceptors (Lipinski definition) is 6. The van der Waals surface area contributed by atoms with Crippen LogP contribution in [0.5, 0.6) is 0 Å². The number of nitrogens with one attached hydrogen (secondary N) is 1. The number of benzene rings is 2. The van der Waals surface area contributed by atoms with Crippen molar-refractivity contribution in [1.82, 2.24) is 20.0 Å². The number of aromatic nitrogens is 4. The van der Waals surface area contributed by atoms with Crippen molar-refractivity contribution in [3.8, 4) is 17.1 Å². The Morgan fingerprint density at radius 1 is 1.09 bits per heavy atom. The lowest BCUT2D eigenvalue weighted by molar-refractivity contribution is -0.113. The van der Waals surface area contributed by atoms with E-state index in [9.17, 15) is 4.79 Å². The molecule has 1 N–H and O–H groups in total. The van der Waals surface area contributed by atoms with E-state index < -0.39 is 0 Å². The number of carbonyl (C=O) groups is 1. The molecule has 0 unspecified atom stereocenters. The molecule has 0 atom stereocenters. The summed E-state index contributed by atoms with van der Waals surface area (Å²) in [5, 5.41) is 16.7. The Bertz CT molecular complexity index is 1210. The van der Waals surface area contributed by atoms with E-state index in [1.54, 1.807) is 28.9 Å². The highest BCUT2D eigenvalue weighted by molar-refractivity contribution is 7.99. The van der Waals surface area contributed by atoms with E-state index in [-0.39, 0.29) is 17.1 Å². The van der Waals surface area contributed by atoms with Crippen LogP contribution in [0.1, 0.15) is 26.5 Å². The Kier molecular flexibility index (Phi) is 6.34. The number of halogens is 1. The topological polar surface area (TPSA) is 85.8 Å². The maximum absolute atomic E-state index is 12.7. The predicted molar refractivity (Wildman–Crippen MR) is 126 cm³/mol. The number of nitrogens with zero attached hydrogens (tertiary/aromatic N) is 4. The standard InChI is InChI=1S/C23H22ClN5O2S/c1-23(2,3)18-13-19(29(28-18)17-7-5-4-6-8-17)25-20(30)14-32-22-27-26-21(31-22)15-9-11-16(24)12-10-15/h4-13H,14H2,1-3H3,(H,25,30). The molecule has 32 heavy (non-hydrogen) atoms. The molecule has 0 spiro atoms. The molecular formula is C23H22ClN5O2S. The predicted octanol–water partition coefficient (Wildman–Crippen LogP) is 5.60. The van der Waals surface area contributed by atoms with Gasteiger partial charge >= 0.3 is 0 Å². The first-order chi connectivity index (χ1) is 15.3. The molecule has 4 rings (SSSR count). The summed E-state index contributed by atoms with van der Waals surface area (Å²) in [6.45, 7) is 6.25. The van der Waals surface area contributed by atoms with Gasteiger partial charge in [0, 0.05) is 22.1 Å². The van der Waals surface area contributed by atoms with Crippen LogP contribution in [0, 0.1) is 0 Å². The summed E-state index contributed by atoms with van der Waals surface area (Å²) in [7, 11) is 0. The van der Waals surface area contributed by atoms with Gasteiger partial charge < -0.3 is 9.73 Å². The number of hydrogen-bond donors (Lipinski definition) is 1. The first-order valence-electron chi connectivity index (χ1n) is 9.98. The fourth-order valence-corrected chi connectivity index (χ4v) is 3.58. The number of amides is 1. The maximum Gasteiger partial charge on any atom is 0.277 e. The molecule has 0 aliphatic heterocycles. The van der Waals surface area contributed by atoms with E-state index in [2.05, 4.69) is 36.3 Å². The third-order valence-electron chi connectivity index (χ3n) is 4.57. The van der Waals surface area contributed by atoms with Crippen molar-refractivity contribution < 1.29 is 9.21 Å². The minimum Gasteiger partial charge on any atom is -0.411 e. The van der Waals surface area contributed by atoms with Crippen LogP contribution < -0.4 is 5.32 Å². The Hall–Kier alpha value is -3.10. The van der Waals surface area contributed by atoms with Crippen LogP contribution in [-0.2, 0) is 10.2 Å². The maximum atomic E-state index is 12.7. The van der Waals surface area contributed by atoms with Gasteiger partial charge in [0.15, 0.2) is 0 Å². The number of para-hydroxylation sites is 1. The minimum atomic E-state index is -0.196. The lowest BCUT2D eigenvalue weighted by Gasteiger charge is -2.14. The Morgan fingerprint density at radius 2 is 1.81 bits per heavy atom. The van der Waals surface area contributed by atoms with Crippen molar-refractivity contribution >= 4 is 35.1 Å². The molecule has 9 heteroatoms. The average Bonchev–Trinajstić information content (AvgIpc) is 3.41.